The van der Waals surface area contributed by atoms with E-state index >= 15 is 0 Å². The number of hydrogen-bond acceptors (Lipinski definition) is 2. The van der Waals surface area contributed by atoms with Crippen molar-refractivity contribution in [3.8, 4) is 5.75 Å². The molecule has 0 radical (unpaired) electrons. The van der Waals surface area contributed by atoms with E-state index in [0.717, 1.165) is 23.0 Å². The molecule has 0 saturated heterocycles. The largest absolute Gasteiger partial charge is 0.508 e. The first-order valence-corrected chi connectivity index (χ1v) is 4.65. The molecule has 0 fully saturated rings. The van der Waals surface area contributed by atoms with Crippen molar-refractivity contribution in [2.75, 3.05) is 13.6 Å². The number of nitrogens with one attached hydrogen (secondary N) is 1. The molecule has 0 unspecified atom stereocenters. The number of halogens is 1. The summed E-state index contributed by atoms with van der Waals surface area (Å²) in [5.74, 6) is 0.361. The summed E-state index contributed by atoms with van der Waals surface area (Å²) >= 11 is 3.29. The van der Waals surface area contributed by atoms with Crippen LogP contribution in [0.4, 0.5) is 0 Å². The summed E-state index contributed by atoms with van der Waals surface area (Å²) in [7, 11) is 1.90. The number of aromatic hydroxyl groups is 1. The van der Waals surface area contributed by atoms with Crippen molar-refractivity contribution >= 4 is 15.9 Å². The fraction of sp³-hybridized carbons (Fsp3) is 0.333. The normalized spacial score (nSPS) is 10.2. The number of phenolic OH excluding ortho intramolecular Hbond substituents is 1. The van der Waals surface area contributed by atoms with Crippen LogP contribution in [0.5, 0.6) is 5.75 Å². The molecular weight excluding hydrogens is 218 g/mol. The quantitative estimate of drug-likeness (QED) is 0.831. The highest BCUT2D eigenvalue weighted by Gasteiger charge is 1.99. The standard InChI is InChI=1S/C9H12BrNO/c1-11-5-4-7-2-3-8(10)6-9(7)12/h2-3,6,11-12H,4-5H2,1H3. The zero-order valence-corrected chi connectivity index (χ0v) is 8.56. The fourth-order valence-electron chi connectivity index (χ4n) is 1.01. The number of likely N-dealkylation sites (N-methyl/N-ethyl adjacent to an activating group) is 1. The molecule has 0 aliphatic carbocycles. The average molecular weight is 230 g/mol. The lowest BCUT2D eigenvalue weighted by atomic mass is 10.1. The van der Waals surface area contributed by atoms with Crippen molar-refractivity contribution in [1.29, 1.82) is 0 Å². The van der Waals surface area contributed by atoms with Gasteiger partial charge in [0.25, 0.3) is 0 Å². The van der Waals surface area contributed by atoms with Crippen LogP contribution in [0.1, 0.15) is 5.56 Å². The molecule has 2 nitrogen and oxygen atoms in total. The first-order chi connectivity index (χ1) is 5.74. The summed E-state index contributed by atoms with van der Waals surface area (Å²) < 4.78 is 0.910. The van der Waals surface area contributed by atoms with E-state index in [9.17, 15) is 5.11 Å². The van der Waals surface area contributed by atoms with Crippen LogP contribution >= 0.6 is 15.9 Å². The highest BCUT2D eigenvalue weighted by molar-refractivity contribution is 9.10. The minimum absolute atomic E-state index is 0.361. The molecule has 66 valence electrons. The minimum atomic E-state index is 0.361. The maximum absolute atomic E-state index is 9.46. The van der Waals surface area contributed by atoms with Gasteiger partial charge in [0.1, 0.15) is 5.75 Å². The molecule has 1 rings (SSSR count). The van der Waals surface area contributed by atoms with Crippen LogP contribution in [0.15, 0.2) is 22.7 Å². The topological polar surface area (TPSA) is 32.3 Å². The van der Waals surface area contributed by atoms with E-state index in [1.54, 1.807) is 6.07 Å². The predicted octanol–water partition coefficient (Wildman–Crippen LogP) is 1.92. The highest BCUT2D eigenvalue weighted by atomic mass is 79.9. The zero-order valence-electron chi connectivity index (χ0n) is 6.97. The van der Waals surface area contributed by atoms with Gasteiger partial charge in [0, 0.05) is 4.47 Å². The fourth-order valence-corrected chi connectivity index (χ4v) is 1.36. The molecular formula is C9H12BrNO. The van der Waals surface area contributed by atoms with Crippen LogP contribution in [-0.2, 0) is 6.42 Å². The molecule has 0 aliphatic rings. The molecule has 2 N–H and O–H groups in total. The Morgan fingerprint density at radius 1 is 1.50 bits per heavy atom. The van der Waals surface area contributed by atoms with Gasteiger partial charge in [-0.2, -0.15) is 0 Å². The molecule has 0 spiro atoms. The Bertz CT molecular complexity index is 263. The van der Waals surface area contributed by atoms with Crippen molar-refractivity contribution in [2.45, 2.75) is 6.42 Å². The Kier molecular flexibility index (Phi) is 3.56. The van der Waals surface area contributed by atoms with E-state index in [0.29, 0.717) is 5.75 Å². The molecule has 0 aliphatic heterocycles. The molecule has 3 heteroatoms. The summed E-state index contributed by atoms with van der Waals surface area (Å²) in [5.41, 5.74) is 0.979. The third kappa shape index (κ3) is 2.50. The second-order valence-corrected chi connectivity index (χ2v) is 3.54. The van der Waals surface area contributed by atoms with Crippen LogP contribution in [0.3, 0.4) is 0 Å². The Hall–Kier alpha value is -0.540. The minimum Gasteiger partial charge on any atom is -0.508 e. The van der Waals surface area contributed by atoms with Gasteiger partial charge in [-0.1, -0.05) is 22.0 Å². The molecule has 12 heavy (non-hydrogen) atoms. The molecule has 1 aromatic rings. The van der Waals surface area contributed by atoms with Crippen LogP contribution in [-0.4, -0.2) is 18.7 Å². The maximum Gasteiger partial charge on any atom is 0.119 e. The molecule has 0 amide bonds. The Morgan fingerprint density at radius 2 is 2.25 bits per heavy atom. The average Bonchev–Trinajstić information content (AvgIpc) is 2.03. The van der Waals surface area contributed by atoms with E-state index < -0.39 is 0 Å². The molecule has 0 heterocycles. The smallest absolute Gasteiger partial charge is 0.119 e. The SMILES string of the molecule is CNCCc1ccc(Br)cc1O. The van der Waals surface area contributed by atoms with Gasteiger partial charge in [0.15, 0.2) is 0 Å². The summed E-state index contributed by atoms with van der Waals surface area (Å²) in [4.78, 5) is 0. The molecule has 0 bridgehead atoms. The molecule has 0 saturated carbocycles. The Balaban J connectivity index is 2.72. The van der Waals surface area contributed by atoms with Gasteiger partial charge >= 0.3 is 0 Å². The molecule has 0 aromatic heterocycles. The Labute approximate surface area is 80.7 Å². The summed E-state index contributed by atoms with van der Waals surface area (Å²) in [5, 5.41) is 12.5. The van der Waals surface area contributed by atoms with Crippen LogP contribution < -0.4 is 5.32 Å². The van der Waals surface area contributed by atoms with Crippen molar-refractivity contribution in [3.05, 3.63) is 28.2 Å². The van der Waals surface area contributed by atoms with E-state index in [-0.39, 0.29) is 0 Å². The van der Waals surface area contributed by atoms with Crippen LogP contribution in [0.25, 0.3) is 0 Å². The van der Waals surface area contributed by atoms with Gasteiger partial charge in [0.05, 0.1) is 0 Å². The van der Waals surface area contributed by atoms with Crippen molar-refractivity contribution in [3.63, 3.8) is 0 Å². The van der Waals surface area contributed by atoms with Gasteiger partial charge in [-0.3, -0.25) is 0 Å². The Morgan fingerprint density at radius 3 is 2.83 bits per heavy atom. The number of rotatable bonds is 3. The van der Waals surface area contributed by atoms with Crippen LogP contribution in [0.2, 0.25) is 0 Å². The van der Waals surface area contributed by atoms with Gasteiger partial charge in [-0.25, -0.2) is 0 Å². The van der Waals surface area contributed by atoms with E-state index in [1.165, 1.54) is 0 Å². The van der Waals surface area contributed by atoms with Crippen molar-refractivity contribution in [2.24, 2.45) is 0 Å². The first-order valence-electron chi connectivity index (χ1n) is 3.86. The monoisotopic (exact) mass is 229 g/mol. The number of phenols is 1. The summed E-state index contributed by atoms with van der Waals surface area (Å²) in [6.07, 6.45) is 0.857. The van der Waals surface area contributed by atoms with Crippen LogP contribution in [0, 0.1) is 0 Å². The lowest BCUT2D eigenvalue weighted by Gasteiger charge is -2.03. The number of benzene rings is 1. The highest BCUT2D eigenvalue weighted by Crippen LogP contribution is 2.22. The zero-order chi connectivity index (χ0) is 8.97. The lowest BCUT2D eigenvalue weighted by molar-refractivity contribution is 0.467. The third-order valence-electron chi connectivity index (χ3n) is 1.69. The predicted molar refractivity (Wildman–Crippen MR) is 53.4 cm³/mol. The number of hydrogen-bond donors (Lipinski definition) is 2. The summed E-state index contributed by atoms with van der Waals surface area (Å²) in [6, 6.07) is 5.58. The molecule has 1 aromatic carbocycles. The van der Waals surface area contributed by atoms with Gasteiger partial charge in [-0.05, 0) is 37.7 Å². The van der Waals surface area contributed by atoms with Crippen molar-refractivity contribution in [1.82, 2.24) is 5.32 Å². The van der Waals surface area contributed by atoms with E-state index in [4.69, 9.17) is 0 Å². The van der Waals surface area contributed by atoms with E-state index in [1.807, 2.05) is 19.2 Å². The van der Waals surface area contributed by atoms with Gasteiger partial charge < -0.3 is 10.4 Å². The third-order valence-corrected chi connectivity index (χ3v) is 2.18. The van der Waals surface area contributed by atoms with E-state index in [2.05, 4.69) is 21.2 Å². The summed E-state index contributed by atoms with van der Waals surface area (Å²) in [6.45, 7) is 0.884. The van der Waals surface area contributed by atoms with Gasteiger partial charge in [-0.15, -0.1) is 0 Å². The second kappa shape index (κ2) is 4.48. The first kappa shape index (κ1) is 9.55. The second-order valence-electron chi connectivity index (χ2n) is 2.63. The van der Waals surface area contributed by atoms with Gasteiger partial charge in [0.2, 0.25) is 0 Å². The van der Waals surface area contributed by atoms with Crippen molar-refractivity contribution < 1.29 is 5.11 Å². The maximum atomic E-state index is 9.46. The molecule has 0 atom stereocenters. The lowest BCUT2D eigenvalue weighted by Crippen LogP contribution is -2.10.